The quantitative estimate of drug-likeness (QED) is 0.550. The van der Waals surface area contributed by atoms with E-state index in [1.807, 2.05) is 30.3 Å². The van der Waals surface area contributed by atoms with E-state index in [9.17, 15) is 9.90 Å². The lowest BCUT2D eigenvalue weighted by Crippen LogP contribution is -2.44. The maximum Gasteiger partial charge on any atom is 0.349 e. The summed E-state index contributed by atoms with van der Waals surface area (Å²) in [4.78, 5) is 17.8. The van der Waals surface area contributed by atoms with Crippen molar-refractivity contribution in [2.75, 3.05) is 5.75 Å². The molecule has 0 bridgehead atoms. The number of nitrogens with zero attached hydrogens (tertiary/aromatic N) is 3. The van der Waals surface area contributed by atoms with Gasteiger partial charge in [0.25, 0.3) is 5.88 Å². The van der Waals surface area contributed by atoms with Crippen LogP contribution in [0.5, 0.6) is 5.88 Å². The van der Waals surface area contributed by atoms with Crippen molar-refractivity contribution in [1.82, 2.24) is 9.55 Å². The largest absolute Gasteiger partial charge is 0.477 e. The Kier molecular flexibility index (Phi) is 3.86. The van der Waals surface area contributed by atoms with Crippen molar-refractivity contribution in [3.63, 3.8) is 0 Å². The highest BCUT2D eigenvalue weighted by molar-refractivity contribution is 7.99. The van der Waals surface area contributed by atoms with Gasteiger partial charge in [-0.05, 0) is 17.3 Å². The molecule has 0 saturated carbocycles. The molecular weight excluding hydrogens is 366 g/mol. The summed E-state index contributed by atoms with van der Waals surface area (Å²) in [5.41, 5.74) is 0.800. The Hall–Kier alpha value is -1.83. The standard InChI is InChI=1S/C16H12ClN3O2S2/c1-19-13(21)12(9-5-3-2-4-6-9)14(22)20-10(8-23-16(19)20)11-7-18-15(17)24-11/h2-7,10H,8H2,1H3/p+1/t10-/m0/s1. The van der Waals surface area contributed by atoms with E-state index in [1.54, 1.807) is 34.1 Å². The van der Waals surface area contributed by atoms with E-state index in [0.29, 0.717) is 15.6 Å². The number of halogens is 1. The van der Waals surface area contributed by atoms with Crippen LogP contribution in [0, 0.1) is 0 Å². The van der Waals surface area contributed by atoms with Gasteiger partial charge in [0, 0.05) is 6.20 Å². The third kappa shape index (κ3) is 2.35. The number of thiazole rings is 1. The van der Waals surface area contributed by atoms with Gasteiger partial charge in [-0.2, -0.15) is 9.13 Å². The fourth-order valence-electron chi connectivity index (χ4n) is 2.88. The first-order chi connectivity index (χ1) is 11.6. The highest BCUT2D eigenvalue weighted by Crippen LogP contribution is 2.37. The molecule has 1 aliphatic heterocycles. The molecule has 0 aliphatic carbocycles. The van der Waals surface area contributed by atoms with E-state index in [2.05, 4.69) is 4.98 Å². The van der Waals surface area contributed by atoms with Gasteiger partial charge in [-0.25, -0.2) is 9.78 Å². The smallest absolute Gasteiger partial charge is 0.349 e. The van der Waals surface area contributed by atoms with E-state index in [-0.39, 0.29) is 17.5 Å². The average molecular weight is 379 g/mol. The first-order valence-corrected chi connectivity index (χ1v) is 9.43. The van der Waals surface area contributed by atoms with E-state index in [0.717, 1.165) is 15.8 Å². The van der Waals surface area contributed by atoms with Crippen LogP contribution in [0.4, 0.5) is 0 Å². The van der Waals surface area contributed by atoms with Crippen LogP contribution in [0.1, 0.15) is 10.9 Å². The minimum atomic E-state index is -0.208. The summed E-state index contributed by atoms with van der Waals surface area (Å²) in [7, 11) is 1.73. The number of aromatic hydroxyl groups is 1. The van der Waals surface area contributed by atoms with Crippen molar-refractivity contribution >= 4 is 34.7 Å². The molecule has 1 aromatic carbocycles. The number of thioether (sulfide) groups is 1. The maximum atomic E-state index is 12.7. The molecule has 0 fully saturated rings. The zero-order valence-corrected chi connectivity index (χ0v) is 15.0. The molecular formula is C16H13ClN3O2S2+. The summed E-state index contributed by atoms with van der Waals surface area (Å²) in [6.07, 6.45) is 1.73. The molecule has 5 nitrogen and oxygen atoms in total. The Morgan fingerprint density at radius 2 is 2.12 bits per heavy atom. The predicted molar refractivity (Wildman–Crippen MR) is 95.0 cm³/mol. The van der Waals surface area contributed by atoms with E-state index in [1.165, 1.54) is 11.3 Å². The van der Waals surface area contributed by atoms with Crippen LogP contribution >= 0.6 is 34.7 Å². The van der Waals surface area contributed by atoms with Crippen LogP contribution in [0.25, 0.3) is 11.1 Å². The minimum absolute atomic E-state index is 0.0150. The molecule has 0 spiro atoms. The summed E-state index contributed by atoms with van der Waals surface area (Å²) in [6, 6.07) is 9.13. The fraction of sp³-hybridized carbons (Fsp3) is 0.188. The Morgan fingerprint density at radius 3 is 2.79 bits per heavy atom. The summed E-state index contributed by atoms with van der Waals surface area (Å²) < 4.78 is 3.87. The predicted octanol–water partition coefficient (Wildman–Crippen LogP) is 2.85. The summed E-state index contributed by atoms with van der Waals surface area (Å²) in [5, 5.41) is 11.6. The zero-order chi connectivity index (χ0) is 16.8. The Morgan fingerprint density at radius 1 is 1.38 bits per heavy atom. The Balaban J connectivity index is 1.97. The number of hydrogen-bond donors (Lipinski definition) is 1. The molecule has 3 heterocycles. The van der Waals surface area contributed by atoms with Gasteiger partial charge in [0.05, 0.1) is 17.7 Å². The molecule has 24 heavy (non-hydrogen) atoms. The first kappa shape index (κ1) is 15.7. The van der Waals surface area contributed by atoms with Crippen LogP contribution in [-0.4, -0.2) is 20.4 Å². The number of rotatable bonds is 2. The molecule has 3 aromatic rings. The third-order valence-electron chi connectivity index (χ3n) is 4.03. The van der Waals surface area contributed by atoms with Crippen LogP contribution in [0.15, 0.2) is 46.5 Å². The average Bonchev–Trinajstić information content (AvgIpc) is 3.20. The molecule has 2 aromatic heterocycles. The molecule has 0 saturated heterocycles. The van der Waals surface area contributed by atoms with Gasteiger partial charge in [-0.15, -0.1) is 11.3 Å². The minimum Gasteiger partial charge on any atom is -0.477 e. The molecule has 8 heteroatoms. The molecule has 1 aliphatic rings. The van der Waals surface area contributed by atoms with Gasteiger partial charge >= 0.3 is 10.7 Å². The molecule has 122 valence electrons. The van der Waals surface area contributed by atoms with Gasteiger partial charge in [-0.3, -0.25) is 0 Å². The third-order valence-corrected chi connectivity index (χ3v) is 6.46. The van der Waals surface area contributed by atoms with Crippen molar-refractivity contribution < 1.29 is 9.67 Å². The lowest BCUT2D eigenvalue weighted by atomic mass is 10.1. The highest BCUT2D eigenvalue weighted by atomic mass is 35.5. The van der Waals surface area contributed by atoms with Gasteiger partial charge in [0.15, 0.2) is 16.1 Å². The van der Waals surface area contributed by atoms with Crippen LogP contribution in [-0.2, 0) is 7.05 Å². The molecule has 4 rings (SSSR count). The van der Waals surface area contributed by atoms with Gasteiger partial charge in [0.2, 0.25) is 0 Å². The van der Waals surface area contributed by atoms with E-state index in [4.69, 9.17) is 11.6 Å². The first-order valence-electron chi connectivity index (χ1n) is 7.25. The summed E-state index contributed by atoms with van der Waals surface area (Å²) in [6.45, 7) is 0. The van der Waals surface area contributed by atoms with Crippen LogP contribution in [0.3, 0.4) is 0 Å². The Bertz CT molecular complexity index is 985. The molecule has 1 atom stereocenters. The normalized spacial score (nSPS) is 16.3. The SMILES string of the molecule is Cn1c2[n+](c(O)c(-c3ccccc3)c1=O)[C@H](c1cnc(Cl)s1)CS2. The van der Waals surface area contributed by atoms with Gasteiger partial charge in [-0.1, -0.05) is 41.9 Å². The number of benzene rings is 1. The molecule has 0 unspecified atom stereocenters. The topological polar surface area (TPSA) is 59.0 Å². The lowest BCUT2D eigenvalue weighted by molar-refractivity contribution is -0.748. The lowest BCUT2D eigenvalue weighted by Gasteiger charge is -2.11. The highest BCUT2D eigenvalue weighted by Gasteiger charge is 2.39. The van der Waals surface area contributed by atoms with E-state index >= 15 is 0 Å². The molecule has 1 N–H and O–H groups in total. The fourth-order valence-corrected chi connectivity index (χ4v) is 5.30. The van der Waals surface area contributed by atoms with Crippen molar-refractivity contribution in [3.8, 4) is 17.0 Å². The number of fused-ring (bicyclic) bond motifs is 1. The van der Waals surface area contributed by atoms with Crippen molar-refractivity contribution in [2.24, 2.45) is 7.05 Å². The van der Waals surface area contributed by atoms with Crippen molar-refractivity contribution in [2.45, 2.75) is 11.2 Å². The molecule has 0 radical (unpaired) electrons. The monoisotopic (exact) mass is 378 g/mol. The van der Waals surface area contributed by atoms with Crippen LogP contribution in [0.2, 0.25) is 4.47 Å². The van der Waals surface area contributed by atoms with Gasteiger partial charge < -0.3 is 5.11 Å². The second-order valence-corrected chi connectivity index (χ2v) is 8.06. The van der Waals surface area contributed by atoms with Crippen LogP contribution < -0.4 is 10.1 Å². The number of aromatic nitrogens is 3. The second kappa shape index (κ2) is 5.91. The summed E-state index contributed by atoms with van der Waals surface area (Å²) in [5.74, 6) is 0.705. The van der Waals surface area contributed by atoms with E-state index < -0.39 is 0 Å². The maximum absolute atomic E-state index is 12.7. The zero-order valence-electron chi connectivity index (χ0n) is 12.6. The molecule has 0 amide bonds. The Labute approximate surface area is 151 Å². The van der Waals surface area contributed by atoms with Gasteiger partial charge in [0.1, 0.15) is 0 Å². The summed E-state index contributed by atoms with van der Waals surface area (Å²) >= 11 is 8.89. The number of hydrogen-bond acceptors (Lipinski definition) is 5. The second-order valence-electron chi connectivity index (χ2n) is 5.42. The van der Waals surface area contributed by atoms with Crippen molar-refractivity contribution in [3.05, 3.63) is 56.2 Å². The van der Waals surface area contributed by atoms with Crippen molar-refractivity contribution in [1.29, 1.82) is 0 Å².